The Labute approximate surface area is 284 Å². The van der Waals surface area contributed by atoms with Crippen LogP contribution in [0.3, 0.4) is 0 Å². The van der Waals surface area contributed by atoms with E-state index in [1.54, 1.807) is 0 Å². The van der Waals surface area contributed by atoms with Crippen LogP contribution in [-0.4, -0.2) is 171 Å². The average Bonchev–Trinajstić information content (AvgIpc) is 2.93. The number of aliphatic hydroxyl groups excluding tert-OH is 4. The first-order chi connectivity index (χ1) is 23.1. The van der Waals surface area contributed by atoms with Gasteiger partial charge in [-0.2, -0.15) is 0 Å². The number of hydrogen-bond acceptors (Lipinski definition) is 28. The Morgan fingerprint density at radius 1 is 0.745 bits per heavy atom. The van der Waals surface area contributed by atoms with Crippen LogP contribution in [0.1, 0.15) is 0 Å². The van der Waals surface area contributed by atoms with E-state index in [9.17, 15) is 92.1 Å². The minimum atomic E-state index is -5.86. The topological polar surface area (TPSA) is 476 Å². The summed E-state index contributed by atoms with van der Waals surface area (Å²) in [5.41, 5.74) is 0. The summed E-state index contributed by atoms with van der Waals surface area (Å²) in [6.07, 6.45) is -32.1. The number of carboxylic acids is 2. The molecule has 3 aliphatic heterocycles. The lowest BCUT2D eigenvalue weighted by Crippen LogP contribution is -2.69. The molecule has 3 aliphatic rings. The number of hydrogen-bond donors (Lipinski definition) is 5. The van der Waals surface area contributed by atoms with E-state index in [2.05, 4.69) is 17.3 Å². The molecule has 0 radical (unpaired) electrons. The standard InChI is InChI=1S/C18H27NO28S4/c20-3-1-4(14(23)24)41-18(9(3)46-50(34,35)36)44-10-5(2-40-49(31,32)33)42-17(6(7(10)21)19-48(28,29)30)45-11-8(22)12(47-51(37,38)39)16(27)43-13(11)15(25)26/h1,3,5-13,16-22,27H,2H2,(H,23,24)(H,25,26)(H,28,29,30)(H,31,32,33)(H,34,35,36)(H,37,38,39)/p-6/t3-,5+,6+,7+,8-,9+,10?,11?,12+,13+,16?,17+,18-/m0/s1. The highest BCUT2D eigenvalue weighted by atomic mass is 32.3. The number of nitrogens with one attached hydrogen (secondary N) is 1. The maximum Gasteiger partial charge on any atom is 0.231 e. The Morgan fingerprint density at radius 3 is 1.78 bits per heavy atom. The summed E-state index contributed by atoms with van der Waals surface area (Å²) >= 11 is 0. The van der Waals surface area contributed by atoms with Gasteiger partial charge in [-0.15, -0.1) is 0 Å². The van der Waals surface area contributed by atoms with Crippen molar-refractivity contribution >= 4 is 53.4 Å². The van der Waals surface area contributed by atoms with Crippen LogP contribution in [0.15, 0.2) is 11.8 Å². The molecule has 3 rings (SSSR count). The van der Waals surface area contributed by atoms with Crippen molar-refractivity contribution in [2.45, 2.75) is 79.8 Å². The molecule has 0 bridgehead atoms. The van der Waals surface area contributed by atoms with Crippen molar-refractivity contribution < 1.29 is 128 Å². The van der Waals surface area contributed by atoms with Crippen molar-refractivity contribution in [1.29, 1.82) is 0 Å². The highest BCUT2D eigenvalue weighted by molar-refractivity contribution is 7.83. The van der Waals surface area contributed by atoms with Crippen molar-refractivity contribution in [2.75, 3.05) is 6.61 Å². The van der Waals surface area contributed by atoms with Crippen molar-refractivity contribution in [3.63, 3.8) is 0 Å². The number of carboxylic acid groups (broad SMARTS) is 2. The summed E-state index contributed by atoms with van der Waals surface area (Å²) in [4.78, 5) is 23.1. The number of rotatable bonds is 15. The molecule has 0 aromatic heterocycles. The van der Waals surface area contributed by atoms with Crippen LogP contribution >= 0.6 is 0 Å². The van der Waals surface area contributed by atoms with Gasteiger partial charge in [0.2, 0.25) is 37.5 Å². The Bertz CT molecular complexity index is 1760. The Morgan fingerprint density at radius 2 is 1.29 bits per heavy atom. The molecule has 13 atom stereocenters. The first-order valence-corrected chi connectivity index (χ1v) is 18.2. The molecule has 3 unspecified atom stereocenters. The van der Waals surface area contributed by atoms with Crippen molar-refractivity contribution in [2.24, 2.45) is 0 Å². The van der Waals surface area contributed by atoms with Gasteiger partial charge in [-0.3, -0.25) is 12.5 Å². The lowest BCUT2D eigenvalue weighted by molar-refractivity contribution is -0.367. The summed E-state index contributed by atoms with van der Waals surface area (Å²) in [5.74, 6) is -6.02. The molecule has 0 saturated carbocycles. The van der Waals surface area contributed by atoms with Gasteiger partial charge in [0, 0.05) is 0 Å². The Hall–Kier alpha value is -2.36. The van der Waals surface area contributed by atoms with Gasteiger partial charge in [0.25, 0.3) is 0 Å². The second kappa shape index (κ2) is 15.9. The molecule has 2 saturated heterocycles. The van der Waals surface area contributed by atoms with Crippen molar-refractivity contribution in [3.8, 4) is 0 Å². The summed E-state index contributed by atoms with van der Waals surface area (Å²) in [5, 5.41) is 65.0. The second-order valence-corrected chi connectivity index (χ2v) is 14.2. The van der Waals surface area contributed by atoms with Gasteiger partial charge >= 0.3 is 0 Å². The van der Waals surface area contributed by atoms with Gasteiger partial charge in [0.15, 0.2) is 35.1 Å². The number of aliphatic hydroxyl groups is 4. The van der Waals surface area contributed by atoms with Crippen LogP contribution in [0.4, 0.5) is 0 Å². The van der Waals surface area contributed by atoms with Crippen LogP contribution in [0.2, 0.25) is 0 Å². The quantitative estimate of drug-likeness (QED) is 0.0755. The summed E-state index contributed by atoms with van der Waals surface area (Å²) in [7, 11) is -23.3. The predicted molar refractivity (Wildman–Crippen MR) is 132 cm³/mol. The van der Waals surface area contributed by atoms with E-state index in [1.807, 2.05) is 0 Å². The van der Waals surface area contributed by atoms with Crippen LogP contribution in [0.25, 0.3) is 0 Å². The second-order valence-electron chi connectivity index (χ2n) is 10.0. The molecule has 29 nitrogen and oxygen atoms in total. The van der Waals surface area contributed by atoms with E-state index in [-0.39, 0.29) is 6.08 Å². The van der Waals surface area contributed by atoms with Gasteiger partial charge in [0.1, 0.15) is 60.5 Å². The predicted octanol–water partition coefficient (Wildman–Crippen LogP) is -11.4. The van der Waals surface area contributed by atoms with Gasteiger partial charge < -0.3 is 82.1 Å². The zero-order chi connectivity index (χ0) is 39.0. The van der Waals surface area contributed by atoms with E-state index < -0.39 is 146 Å². The van der Waals surface area contributed by atoms with Crippen molar-refractivity contribution in [3.05, 3.63) is 11.8 Å². The number of aliphatic carboxylic acids is 2. The molecule has 0 aromatic carbocycles. The molecule has 0 aliphatic carbocycles. The number of ether oxygens (including phenoxy) is 5. The molecule has 0 aromatic rings. The fraction of sp³-hybridized carbons (Fsp3) is 0.778. The van der Waals surface area contributed by atoms with E-state index in [1.165, 1.54) is 0 Å². The largest absolute Gasteiger partial charge is 0.735 e. The molecule has 2 fully saturated rings. The van der Waals surface area contributed by atoms with E-state index in [0.29, 0.717) is 0 Å². The Balaban J connectivity index is 2.10. The first-order valence-electron chi connectivity index (χ1n) is 12.8. The van der Waals surface area contributed by atoms with Crippen molar-refractivity contribution in [1.82, 2.24) is 4.72 Å². The number of carbonyl (C=O) groups is 2. The maximum atomic E-state index is 11.7. The molecular weight excluding hydrogens is 806 g/mol. The van der Waals surface area contributed by atoms with E-state index in [0.717, 1.165) is 4.72 Å². The molecule has 0 spiro atoms. The third-order valence-electron chi connectivity index (χ3n) is 6.51. The lowest BCUT2D eigenvalue weighted by Gasteiger charge is -2.49. The highest BCUT2D eigenvalue weighted by Gasteiger charge is 2.54. The molecule has 0 amide bonds. The lowest BCUT2D eigenvalue weighted by atomic mass is 9.95. The molecule has 3 heterocycles. The third-order valence-corrected chi connectivity index (χ3v) is 8.41. The minimum absolute atomic E-state index is 0.221. The highest BCUT2D eigenvalue weighted by Crippen LogP contribution is 2.34. The number of carbonyl (C=O) groups excluding carboxylic acids is 2. The molecular formula is C18H21NO28S4-6. The first kappa shape index (κ1) is 43.0. The molecule has 5 N–H and O–H groups in total. The normalized spacial score (nSPS) is 36.9. The monoisotopic (exact) mass is 827 g/mol. The van der Waals surface area contributed by atoms with Gasteiger partial charge in [-0.25, -0.2) is 38.4 Å². The van der Waals surface area contributed by atoms with Crippen LogP contribution < -0.4 is 14.9 Å². The maximum absolute atomic E-state index is 11.7. The Kier molecular flexibility index (Phi) is 13.5. The zero-order valence-electron chi connectivity index (χ0n) is 24.0. The van der Waals surface area contributed by atoms with Crippen LogP contribution in [-0.2, 0) is 87.3 Å². The van der Waals surface area contributed by atoms with E-state index in [4.69, 9.17) is 18.9 Å². The van der Waals surface area contributed by atoms with Gasteiger partial charge in [0.05, 0.1) is 12.6 Å². The molecule has 51 heavy (non-hydrogen) atoms. The third kappa shape index (κ3) is 12.1. The molecule has 33 heteroatoms. The van der Waals surface area contributed by atoms with Gasteiger partial charge in [-0.05, 0) is 6.08 Å². The van der Waals surface area contributed by atoms with E-state index >= 15 is 0 Å². The summed E-state index contributed by atoms with van der Waals surface area (Å²) in [6.45, 7) is -1.68. The molecule has 296 valence electrons. The average molecular weight is 828 g/mol. The van der Waals surface area contributed by atoms with Gasteiger partial charge in [-0.1, -0.05) is 0 Å². The fourth-order valence-electron chi connectivity index (χ4n) is 4.61. The summed E-state index contributed by atoms with van der Waals surface area (Å²) in [6, 6.07) is -2.73. The SMILES string of the molecule is O=C([O-])C1=C[C@H](O)[C@@H](OS(=O)(=O)[O-])[C@H](OC2[C@@H](COS(=O)(=O)[O-])O[C@H](OC3[C@H](C(=O)[O-])OC(O)[C@H](OS(=O)(=O)[O-])[C@H]3O)[C@H](NS(=O)(=O)[O-])[C@H]2O)O1. The minimum Gasteiger partial charge on any atom is -0.735 e. The smallest absolute Gasteiger partial charge is 0.231 e. The fourth-order valence-corrected chi connectivity index (χ4v) is 6.46. The summed E-state index contributed by atoms with van der Waals surface area (Å²) < 4.78 is 174. The van der Waals surface area contributed by atoms with Crippen LogP contribution in [0, 0.1) is 0 Å². The zero-order valence-corrected chi connectivity index (χ0v) is 27.3. The van der Waals surface area contributed by atoms with Crippen LogP contribution in [0.5, 0.6) is 0 Å².